The van der Waals surface area contributed by atoms with Gasteiger partial charge in [-0.3, -0.25) is 14.2 Å². The highest BCUT2D eigenvalue weighted by Gasteiger charge is 2.20. The summed E-state index contributed by atoms with van der Waals surface area (Å²) in [5, 5.41) is 0. The quantitative estimate of drug-likeness (QED) is 0.457. The maximum Gasteiger partial charge on any atom is 0.233 e. The molecule has 0 N–H and O–H groups in total. The topological polar surface area (TPSA) is 94.3 Å². The molecule has 0 aliphatic rings. The lowest BCUT2D eigenvalue weighted by Gasteiger charge is -2.08. The number of imidazole rings is 1. The fourth-order valence-corrected chi connectivity index (χ4v) is 4.50. The Morgan fingerprint density at radius 1 is 1.03 bits per heavy atom. The van der Waals surface area contributed by atoms with E-state index in [4.69, 9.17) is 0 Å². The molecule has 0 aliphatic carbocycles. The van der Waals surface area contributed by atoms with Crippen LogP contribution in [0.1, 0.15) is 27.9 Å². The van der Waals surface area contributed by atoms with Crippen LogP contribution in [0.15, 0.2) is 77.3 Å². The standard InChI is InChI=1S/C21H18N4O3S/c1-15-8-9-22-13-20(15)29(27,28)18-5-2-16(3-6-18)4-7-19(26)17-12-24-21-23-10-11-25(21)14-17/h2-3,5-6,8-14H,4,7H2,1H3. The number of pyridine rings is 1. The Morgan fingerprint density at radius 3 is 2.59 bits per heavy atom. The molecule has 0 amide bonds. The number of carbonyl (C=O) groups excluding carboxylic acids is 1. The van der Waals surface area contributed by atoms with Gasteiger partial charge in [0.05, 0.1) is 15.4 Å². The van der Waals surface area contributed by atoms with Gasteiger partial charge in [-0.15, -0.1) is 0 Å². The molecule has 0 unspecified atom stereocenters. The van der Waals surface area contributed by atoms with Crippen molar-refractivity contribution in [2.24, 2.45) is 0 Å². The van der Waals surface area contributed by atoms with E-state index in [1.165, 1.54) is 12.4 Å². The Balaban J connectivity index is 1.47. The third-order valence-electron chi connectivity index (χ3n) is 4.72. The van der Waals surface area contributed by atoms with E-state index in [-0.39, 0.29) is 15.6 Å². The highest BCUT2D eigenvalue weighted by atomic mass is 32.2. The number of carbonyl (C=O) groups is 1. The number of nitrogens with zero attached hydrogens (tertiary/aromatic N) is 4. The van der Waals surface area contributed by atoms with Crippen molar-refractivity contribution < 1.29 is 13.2 Å². The number of fused-ring (bicyclic) bond motifs is 1. The van der Waals surface area contributed by atoms with Crippen LogP contribution in [-0.4, -0.2) is 33.6 Å². The average molecular weight is 406 g/mol. The fraction of sp³-hybridized carbons (Fsp3) is 0.143. The third-order valence-corrected chi connectivity index (χ3v) is 6.62. The van der Waals surface area contributed by atoms with Gasteiger partial charge in [-0.05, 0) is 42.7 Å². The van der Waals surface area contributed by atoms with E-state index in [1.807, 2.05) is 0 Å². The molecule has 0 bridgehead atoms. The molecule has 0 saturated heterocycles. The van der Waals surface area contributed by atoms with E-state index < -0.39 is 9.84 Å². The number of aromatic nitrogens is 4. The lowest BCUT2D eigenvalue weighted by molar-refractivity contribution is 0.0982. The summed E-state index contributed by atoms with van der Waals surface area (Å²) in [6.07, 6.45) is 10.3. The minimum Gasteiger partial charge on any atom is -0.294 e. The van der Waals surface area contributed by atoms with E-state index in [1.54, 1.807) is 66.4 Å². The average Bonchev–Trinajstić information content (AvgIpc) is 3.20. The van der Waals surface area contributed by atoms with E-state index in [0.717, 1.165) is 5.56 Å². The van der Waals surface area contributed by atoms with Crippen LogP contribution < -0.4 is 0 Å². The molecular weight excluding hydrogens is 388 g/mol. The summed E-state index contributed by atoms with van der Waals surface area (Å²) in [4.78, 5) is 25.0. The van der Waals surface area contributed by atoms with Gasteiger partial charge in [-0.25, -0.2) is 18.4 Å². The Labute approximate surface area is 168 Å². The van der Waals surface area contributed by atoms with Crippen molar-refractivity contribution in [1.29, 1.82) is 0 Å². The number of ketones is 1. The van der Waals surface area contributed by atoms with Crippen LogP contribution in [0.5, 0.6) is 0 Å². The highest BCUT2D eigenvalue weighted by Crippen LogP contribution is 2.23. The van der Waals surface area contributed by atoms with E-state index in [9.17, 15) is 13.2 Å². The van der Waals surface area contributed by atoms with Crippen molar-refractivity contribution in [3.05, 3.63) is 84.2 Å². The number of hydrogen-bond donors (Lipinski definition) is 0. The highest BCUT2D eigenvalue weighted by molar-refractivity contribution is 7.91. The maximum absolute atomic E-state index is 12.8. The summed E-state index contributed by atoms with van der Waals surface area (Å²) < 4.78 is 27.3. The molecule has 0 radical (unpaired) electrons. The maximum atomic E-state index is 12.8. The SMILES string of the molecule is Cc1ccncc1S(=O)(=O)c1ccc(CCC(=O)c2cnc3nccn3c2)cc1. The zero-order valence-corrected chi connectivity index (χ0v) is 16.5. The van der Waals surface area contributed by atoms with Crippen molar-refractivity contribution in [3.8, 4) is 0 Å². The molecule has 4 rings (SSSR count). The van der Waals surface area contributed by atoms with Crippen molar-refractivity contribution >= 4 is 21.4 Å². The smallest absolute Gasteiger partial charge is 0.233 e. The van der Waals surface area contributed by atoms with E-state index in [0.29, 0.717) is 29.7 Å². The Bertz CT molecular complexity index is 1300. The van der Waals surface area contributed by atoms with Gasteiger partial charge in [0, 0.05) is 43.6 Å². The van der Waals surface area contributed by atoms with Gasteiger partial charge in [0.15, 0.2) is 5.78 Å². The van der Waals surface area contributed by atoms with Gasteiger partial charge in [0.1, 0.15) is 0 Å². The molecular formula is C21H18N4O3S. The first-order valence-electron chi connectivity index (χ1n) is 9.02. The van der Waals surface area contributed by atoms with Gasteiger partial charge in [0.25, 0.3) is 0 Å². The summed E-state index contributed by atoms with van der Waals surface area (Å²) in [5.74, 6) is 0.512. The van der Waals surface area contributed by atoms with E-state index >= 15 is 0 Å². The lowest BCUT2D eigenvalue weighted by Crippen LogP contribution is -2.06. The first kappa shape index (κ1) is 18.9. The molecule has 0 atom stereocenters. The van der Waals surface area contributed by atoms with Crippen LogP contribution in [0.4, 0.5) is 0 Å². The molecule has 3 heterocycles. The van der Waals surface area contributed by atoms with Gasteiger partial charge in [-0.1, -0.05) is 12.1 Å². The zero-order chi connectivity index (χ0) is 20.4. The molecule has 0 aliphatic heterocycles. The largest absolute Gasteiger partial charge is 0.294 e. The lowest BCUT2D eigenvalue weighted by atomic mass is 10.0. The van der Waals surface area contributed by atoms with Gasteiger partial charge in [-0.2, -0.15) is 0 Å². The first-order valence-corrected chi connectivity index (χ1v) is 10.5. The second kappa shape index (κ2) is 7.56. The van der Waals surface area contributed by atoms with Gasteiger partial charge < -0.3 is 0 Å². The molecule has 3 aromatic heterocycles. The minimum absolute atomic E-state index is 0.0317. The second-order valence-corrected chi connectivity index (χ2v) is 8.61. The van der Waals surface area contributed by atoms with Crippen LogP contribution >= 0.6 is 0 Å². The van der Waals surface area contributed by atoms with Crippen molar-refractivity contribution in [1.82, 2.24) is 19.4 Å². The van der Waals surface area contributed by atoms with Crippen LogP contribution in [0.25, 0.3) is 5.78 Å². The fourth-order valence-electron chi connectivity index (χ4n) is 3.06. The predicted molar refractivity (Wildman–Crippen MR) is 107 cm³/mol. The molecule has 7 nitrogen and oxygen atoms in total. The number of aryl methyl sites for hydroxylation is 2. The molecule has 0 fully saturated rings. The molecule has 29 heavy (non-hydrogen) atoms. The number of sulfone groups is 1. The third kappa shape index (κ3) is 3.79. The number of hydrogen-bond acceptors (Lipinski definition) is 6. The normalized spacial score (nSPS) is 11.6. The molecule has 4 aromatic rings. The van der Waals surface area contributed by atoms with Crippen molar-refractivity contribution in [2.75, 3.05) is 0 Å². The summed E-state index contributed by atoms with van der Waals surface area (Å²) in [5.41, 5.74) is 2.05. The summed E-state index contributed by atoms with van der Waals surface area (Å²) in [6.45, 7) is 1.74. The minimum atomic E-state index is -3.62. The van der Waals surface area contributed by atoms with Gasteiger partial charge in [0.2, 0.25) is 15.6 Å². The van der Waals surface area contributed by atoms with Crippen molar-refractivity contribution in [2.45, 2.75) is 29.6 Å². The van der Waals surface area contributed by atoms with Crippen LogP contribution in [-0.2, 0) is 16.3 Å². The Hall–Kier alpha value is -3.39. The first-order chi connectivity index (χ1) is 13.9. The number of Topliss-reactive ketones (excluding diaryl/α,β-unsaturated/α-hetero) is 1. The molecule has 0 spiro atoms. The van der Waals surface area contributed by atoms with Gasteiger partial charge >= 0.3 is 0 Å². The van der Waals surface area contributed by atoms with Crippen LogP contribution in [0.3, 0.4) is 0 Å². The van der Waals surface area contributed by atoms with Crippen LogP contribution in [0.2, 0.25) is 0 Å². The summed E-state index contributed by atoms with van der Waals surface area (Å²) >= 11 is 0. The predicted octanol–water partition coefficient (Wildman–Crippen LogP) is 3.08. The molecule has 1 aromatic carbocycles. The number of benzene rings is 1. The number of rotatable bonds is 6. The molecule has 146 valence electrons. The molecule has 0 saturated carbocycles. The second-order valence-electron chi connectivity index (χ2n) is 6.69. The summed E-state index contributed by atoms with van der Waals surface area (Å²) in [6, 6.07) is 8.29. The van der Waals surface area contributed by atoms with E-state index in [2.05, 4.69) is 15.0 Å². The van der Waals surface area contributed by atoms with Crippen LogP contribution in [0, 0.1) is 6.92 Å². The summed E-state index contributed by atoms with van der Waals surface area (Å²) in [7, 11) is -3.62. The monoisotopic (exact) mass is 406 g/mol. The zero-order valence-electron chi connectivity index (χ0n) is 15.7. The molecule has 8 heteroatoms. The Kier molecular flexibility index (Phi) is 4.94. The Morgan fingerprint density at radius 2 is 1.83 bits per heavy atom. The van der Waals surface area contributed by atoms with Crippen molar-refractivity contribution in [3.63, 3.8) is 0 Å².